The number of carboxylic acids is 1. The van der Waals surface area contributed by atoms with Crippen LogP contribution >= 0.6 is 0 Å². The summed E-state index contributed by atoms with van der Waals surface area (Å²) in [4.78, 5) is 11.5. The number of hydrogen-bond donors (Lipinski definition) is 1. The molecule has 0 aliphatic heterocycles. The predicted molar refractivity (Wildman–Crippen MR) is 105 cm³/mol. The third-order valence-corrected chi connectivity index (χ3v) is 3.94. The first-order valence-electron chi connectivity index (χ1n) is 9.12. The Morgan fingerprint density at radius 2 is 1.56 bits per heavy atom. The van der Waals surface area contributed by atoms with Gasteiger partial charge in [-0.05, 0) is 54.5 Å². The SMILES string of the molecule is CCCCCCOc1ccc(C=C(Oc2ccc(OC)cc2)C(=O)O)cc1. The molecule has 0 fully saturated rings. The van der Waals surface area contributed by atoms with E-state index in [2.05, 4.69) is 6.92 Å². The molecule has 0 heterocycles. The van der Waals surface area contributed by atoms with Gasteiger partial charge >= 0.3 is 5.97 Å². The van der Waals surface area contributed by atoms with E-state index in [1.165, 1.54) is 25.3 Å². The highest BCUT2D eigenvalue weighted by molar-refractivity contribution is 5.90. The predicted octanol–water partition coefficient (Wildman–Crippen LogP) is 5.16. The summed E-state index contributed by atoms with van der Waals surface area (Å²) in [6.45, 7) is 2.87. The van der Waals surface area contributed by atoms with E-state index in [0.29, 0.717) is 18.1 Å². The summed E-state index contributed by atoms with van der Waals surface area (Å²) in [5.41, 5.74) is 0.722. The van der Waals surface area contributed by atoms with E-state index in [1.807, 2.05) is 24.3 Å². The molecular formula is C22H26O5. The molecule has 27 heavy (non-hydrogen) atoms. The summed E-state index contributed by atoms with van der Waals surface area (Å²) in [5, 5.41) is 9.40. The van der Waals surface area contributed by atoms with Crippen molar-refractivity contribution in [2.24, 2.45) is 0 Å². The van der Waals surface area contributed by atoms with Crippen LogP contribution < -0.4 is 14.2 Å². The normalized spacial score (nSPS) is 11.1. The molecule has 0 atom stereocenters. The quantitative estimate of drug-likeness (QED) is 0.336. The summed E-state index contributed by atoms with van der Waals surface area (Å²) in [5.74, 6) is 0.581. The number of methoxy groups -OCH3 is 1. The van der Waals surface area contributed by atoms with Crippen molar-refractivity contribution in [3.05, 3.63) is 59.9 Å². The molecule has 5 heteroatoms. The largest absolute Gasteiger partial charge is 0.497 e. The molecule has 1 N–H and O–H groups in total. The summed E-state index contributed by atoms with van der Waals surface area (Å²) in [7, 11) is 1.57. The highest BCUT2D eigenvalue weighted by Gasteiger charge is 2.11. The molecule has 2 aromatic rings. The number of carbonyl (C=O) groups is 1. The van der Waals surface area contributed by atoms with Crippen LogP contribution in [0, 0.1) is 0 Å². The lowest BCUT2D eigenvalue weighted by Gasteiger charge is -2.08. The number of aliphatic carboxylic acids is 1. The third kappa shape index (κ3) is 7.05. The average Bonchev–Trinajstić information content (AvgIpc) is 2.69. The Morgan fingerprint density at radius 3 is 2.15 bits per heavy atom. The first-order valence-corrected chi connectivity index (χ1v) is 9.12. The fourth-order valence-electron chi connectivity index (χ4n) is 2.44. The fraction of sp³-hybridized carbons (Fsp3) is 0.318. The Labute approximate surface area is 160 Å². The number of carboxylic acid groups (broad SMARTS) is 1. The lowest BCUT2D eigenvalue weighted by Crippen LogP contribution is -2.07. The fourth-order valence-corrected chi connectivity index (χ4v) is 2.44. The van der Waals surface area contributed by atoms with Crippen molar-refractivity contribution in [2.45, 2.75) is 32.6 Å². The van der Waals surface area contributed by atoms with E-state index >= 15 is 0 Å². The molecule has 0 saturated carbocycles. The van der Waals surface area contributed by atoms with Gasteiger partial charge in [-0.15, -0.1) is 0 Å². The van der Waals surface area contributed by atoms with E-state index in [9.17, 15) is 9.90 Å². The van der Waals surface area contributed by atoms with E-state index in [4.69, 9.17) is 14.2 Å². The molecule has 0 radical (unpaired) electrons. The van der Waals surface area contributed by atoms with Crippen molar-refractivity contribution in [3.8, 4) is 17.2 Å². The van der Waals surface area contributed by atoms with Gasteiger partial charge in [0.1, 0.15) is 17.2 Å². The topological polar surface area (TPSA) is 65.0 Å². The van der Waals surface area contributed by atoms with Crippen molar-refractivity contribution >= 4 is 12.0 Å². The van der Waals surface area contributed by atoms with Crippen LogP contribution in [-0.2, 0) is 4.79 Å². The van der Waals surface area contributed by atoms with Crippen molar-refractivity contribution in [3.63, 3.8) is 0 Å². The number of ether oxygens (including phenoxy) is 3. The van der Waals surface area contributed by atoms with Crippen LogP contribution in [0.4, 0.5) is 0 Å². The van der Waals surface area contributed by atoms with Crippen molar-refractivity contribution in [2.75, 3.05) is 13.7 Å². The molecule has 5 nitrogen and oxygen atoms in total. The Kier molecular flexibility index (Phi) is 8.23. The maximum Gasteiger partial charge on any atom is 0.371 e. The van der Waals surface area contributed by atoms with E-state index in [-0.39, 0.29) is 5.76 Å². The second-order valence-electron chi connectivity index (χ2n) is 6.07. The first kappa shape index (κ1) is 20.4. The van der Waals surface area contributed by atoms with Gasteiger partial charge in [0.05, 0.1) is 13.7 Å². The first-order chi connectivity index (χ1) is 13.1. The van der Waals surface area contributed by atoms with Crippen LogP contribution in [-0.4, -0.2) is 24.8 Å². The van der Waals surface area contributed by atoms with Gasteiger partial charge < -0.3 is 19.3 Å². The molecular weight excluding hydrogens is 344 g/mol. The summed E-state index contributed by atoms with van der Waals surface area (Å²) >= 11 is 0. The van der Waals surface area contributed by atoms with Gasteiger partial charge in [0, 0.05) is 0 Å². The highest BCUT2D eigenvalue weighted by Crippen LogP contribution is 2.21. The van der Waals surface area contributed by atoms with Gasteiger partial charge in [0.2, 0.25) is 5.76 Å². The van der Waals surface area contributed by atoms with E-state index in [1.54, 1.807) is 31.4 Å². The molecule has 0 aliphatic rings. The number of unbranched alkanes of at least 4 members (excludes halogenated alkanes) is 3. The lowest BCUT2D eigenvalue weighted by atomic mass is 10.2. The second-order valence-corrected chi connectivity index (χ2v) is 6.07. The summed E-state index contributed by atoms with van der Waals surface area (Å²) < 4.78 is 16.3. The van der Waals surface area contributed by atoms with E-state index in [0.717, 1.165) is 17.7 Å². The number of hydrogen-bond acceptors (Lipinski definition) is 4. The maximum atomic E-state index is 11.5. The minimum atomic E-state index is -1.14. The van der Waals surface area contributed by atoms with Gasteiger partial charge in [-0.3, -0.25) is 0 Å². The smallest absolute Gasteiger partial charge is 0.371 e. The van der Waals surface area contributed by atoms with Crippen LogP contribution in [0.5, 0.6) is 17.2 Å². The number of benzene rings is 2. The Hall–Kier alpha value is -2.95. The van der Waals surface area contributed by atoms with Crippen LogP contribution in [0.1, 0.15) is 38.2 Å². The Morgan fingerprint density at radius 1 is 0.926 bits per heavy atom. The molecule has 0 bridgehead atoms. The zero-order valence-electron chi connectivity index (χ0n) is 15.8. The minimum Gasteiger partial charge on any atom is -0.497 e. The molecule has 144 valence electrons. The van der Waals surface area contributed by atoms with Crippen molar-refractivity contribution < 1.29 is 24.1 Å². The van der Waals surface area contributed by atoms with Gasteiger partial charge in [-0.25, -0.2) is 4.79 Å². The van der Waals surface area contributed by atoms with Crippen LogP contribution in [0.25, 0.3) is 6.08 Å². The minimum absolute atomic E-state index is 0.159. The number of rotatable bonds is 11. The van der Waals surface area contributed by atoms with Crippen LogP contribution in [0.2, 0.25) is 0 Å². The molecule has 0 saturated heterocycles. The second kappa shape index (κ2) is 10.9. The third-order valence-electron chi connectivity index (χ3n) is 3.94. The van der Waals surface area contributed by atoms with Gasteiger partial charge in [0.25, 0.3) is 0 Å². The van der Waals surface area contributed by atoms with E-state index < -0.39 is 5.97 Å². The molecule has 0 aliphatic carbocycles. The van der Waals surface area contributed by atoms with Crippen LogP contribution in [0.3, 0.4) is 0 Å². The van der Waals surface area contributed by atoms with Gasteiger partial charge in [-0.2, -0.15) is 0 Å². The highest BCUT2D eigenvalue weighted by atomic mass is 16.5. The average molecular weight is 370 g/mol. The summed E-state index contributed by atoms with van der Waals surface area (Å²) in [6, 6.07) is 14.0. The zero-order chi connectivity index (χ0) is 19.5. The zero-order valence-corrected chi connectivity index (χ0v) is 15.8. The van der Waals surface area contributed by atoms with Crippen molar-refractivity contribution in [1.29, 1.82) is 0 Å². The molecule has 2 rings (SSSR count). The lowest BCUT2D eigenvalue weighted by molar-refractivity contribution is -0.134. The van der Waals surface area contributed by atoms with Gasteiger partial charge in [0.15, 0.2) is 0 Å². The molecule has 0 unspecified atom stereocenters. The van der Waals surface area contributed by atoms with Crippen LogP contribution in [0.15, 0.2) is 54.3 Å². The molecule has 0 amide bonds. The Balaban J connectivity index is 1.98. The maximum absolute atomic E-state index is 11.5. The monoisotopic (exact) mass is 370 g/mol. The van der Waals surface area contributed by atoms with Gasteiger partial charge in [-0.1, -0.05) is 38.3 Å². The molecule has 0 aromatic heterocycles. The molecule has 0 spiro atoms. The Bertz CT molecular complexity index is 732. The summed E-state index contributed by atoms with van der Waals surface area (Å²) in [6.07, 6.45) is 6.11. The molecule has 2 aromatic carbocycles. The van der Waals surface area contributed by atoms with Crippen molar-refractivity contribution in [1.82, 2.24) is 0 Å². The standard InChI is InChI=1S/C22H26O5/c1-3-4-5-6-15-26-19-9-7-17(8-10-19)16-21(22(23)24)27-20-13-11-18(25-2)12-14-20/h7-14,16H,3-6,15H2,1-2H3,(H,23,24).